The number of nitrogens with zero attached hydrogens (tertiary/aromatic N) is 4. The summed E-state index contributed by atoms with van der Waals surface area (Å²) < 4.78 is 1.78. The van der Waals surface area contributed by atoms with Crippen molar-refractivity contribution < 1.29 is 4.79 Å². The van der Waals surface area contributed by atoms with Crippen LogP contribution >= 0.6 is 11.3 Å². The Balaban J connectivity index is 1.54. The lowest BCUT2D eigenvalue weighted by molar-refractivity contribution is 0.0946. The zero-order chi connectivity index (χ0) is 17.8. The maximum absolute atomic E-state index is 12.3. The van der Waals surface area contributed by atoms with Crippen LogP contribution in [0.4, 0.5) is 0 Å². The van der Waals surface area contributed by atoms with Crippen LogP contribution in [-0.4, -0.2) is 39.0 Å². The molecule has 2 aromatic heterocycles. The number of carbonyl (C=O) groups is 1. The van der Waals surface area contributed by atoms with Crippen LogP contribution < -0.4 is 10.6 Å². The van der Waals surface area contributed by atoms with Gasteiger partial charge in [-0.2, -0.15) is 0 Å². The molecule has 0 bridgehead atoms. The molecule has 25 heavy (non-hydrogen) atoms. The Bertz CT molecular complexity index is 717. The lowest BCUT2D eigenvalue weighted by atomic mass is 10.00. The van der Waals surface area contributed by atoms with Gasteiger partial charge >= 0.3 is 0 Å². The molecule has 1 saturated heterocycles. The molecule has 0 radical (unpaired) electrons. The van der Waals surface area contributed by atoms with Gasteiger partial charge in [0.25, 0.3) is 5.91 Å². The van der Waals surface area contributed by atoms with Crippen molar-refractivity contribution in [2.75, 3.05) is 13.1 Å². The molecule has 1 fully saturated rings. The summed E-state index contributed by atoms with van der Waals surface area (Å²) in [5.74, 6) is 0.773. The third kappa shape index (κ3) is 4.64. The second-order valence-electron chi connectivity index (χ2n) is 6.94. The minimum atomic E-state index is -0.188. The average molecular weight is 363 g/mol. The first-order chi connectivity index (χ1) is 12.0. The maximum Gasteiger partial charge on any atom is 0.273 e. The molecule has 3 heterocycles. The van der Waals surface area contributed by atoms with Gasteiger partial charge in [-0.05, 0) is 38.8 Å². The number of amides is 1. The molecule has 1 aliphatic heterocycles. The number of aromatic nitrogens is 4. The molecule has 0 aliphatic carbocycles. The first-order valence-corrected chi connectivity index (χ1v) is 9.70. The first-order valence-electron chi connectivity index (χ1n) is 8.88. The first kappa shape index (κ1) is 18.0. The highest BCUT2D eigenvalue weighted by atomic mass is 32.1. The number of piperidine rings is 1. The minimum Gasteiger partial charge on any atom is -0.346 e. The van der Waals surface area contributed by atoms with Gasteiger partial charge in [-0.1, -0.05) is 19.1 Å². The average Bonchev–Trinajstić information content (AvgIpc) is 3.20. The standard InChI is InChI=1S/C17H26N6OS/c1-11(2)17-20-12(3)15(25-17)8-19-16(24)14-10-23(22-21-14)9-13-5-4-6-18-7-13/h10-11,13,18H,4-9H2,1-3H3,(H,19,24). The zero-order valence-corrected chi connectivity index (χ0v) is 15.9. The van der Waals surface area contributed by atoms with Gasteiger partial charge in [-0.3, -0.25) is 9.48 Å². The molecule has 2 N–H and O–H groups in total. The van der Waals surface area contributed by atoms with Gasteiger partial charge in [0, 0.05) is 17.3 Å². The third-order valence-electron chi connectivity index (χ3n) is 4.43. The van der Waals surface area contributed by atoms with E-state index in [2.05, 4.69) is 39.8 Å². The Kier molecular flexibility index (Phi) is 5.80. The highest BCUT2D eigenvalue weighted by Gasteiger charge is 2.17. The summed E-state index contributed by atoms with van der Waals surface area (Å²) >= 11 is 1.66. The van der Waals surface area contributed by atoms with Crippen molar-refractivity contribution >= 4 is 17.2 Å². The number of hydrogen-bond acceptors (Lipinski definition) is 6. The molecule has 1 amide bonds. The fourth-order valence-electron chi connectivity index (χ4n) is 2.95. The van der Waals surface area contributed by atoms with Crippen molar-refractivity contribution in [1.82, 2.24) is 30.6 Å². The van der Waals surface area contributed by atoms with E-state index in [1.54, 1.807) is 22.2 Å². The molecular weight excluding hydrogens is 336 g/mol. The Morgan fingerprint density at radius 1 is 1.52 bits per heavy atom. The van der Waals surface area contributed by atoms with Crippen molar-refractivity contribution in [3.05, 3.63) is 27.5 Å². The van der Waals surface area contributed by atoms with Gasteiger partial charge in [0.05, 0.1) is 23.4 Å². The van der Waals surface area contributed by atoms with Crippen molar-refractivity contribution in [1.29, 1.82) is 0 Å². The van der Waals surface area contributed by atoms with E-state index in [-0.39, 0.29) is 5.91 Å². The van der Waals surface area contributed by atoms with Crippen LogP contribution in [0.5, 0.6) is 0 Å². The second kappa shape index (κ2) is 8.05. The van der Waals surface area contributed by atoms with Crippen LogP contribution in [0.25, 0.3) is 0 Å². The van der Waals surface area contributed by atoms with Crippen LogP contribution in [0.3, 0.4) is 0 Å². The van der Waals surface area contributed by atoms with Crippen LogP contribution in [0.15, 0.2) is 6.20 Å². The number of thiazole rings is 1. The number of hydrogen-bond donors (Lipinski definition) is 2. The molecule has 3 rings (SSSR count). The quantitative estimate of drug-likeness (QED) is 0.822. The summed E-state index contributed by atoms with van der Waals surface area (Å²) in [6.07, 6.45) is 4.12. The smallest absolute Gasteiger partial charge is 0.273 e. The third-order valence-corrected chi connectivity index (χ3v) is 5.89. The van der Waals surface area contributed by atoms with E-state index in [0.717, 1.165) is 35.2 Å². The molecule has 1 unspecified atom stereocenters. The largest absolute Gasteiger partial charge is 0.346 e. The fraction of sp³-hybridized carbons (Fsp3) is 0.647. The van der Waals surface area contributed by atoms with E-state index in [1.807, 2.05) is 6.92 Å². The molecule has 8 heteroatoms. The molecule has 7 nitrogen and oxygen atoms in total. The van der Waals surface area contributed by atoms with Gasteiger partial charge < -0.3 is 10.6 Å². The highest BCUT2D eigenvalue weighted by molar-refractivity contribution is 7.11. The Morgan fingerprint density at radius 3 is 3.04 bits per heavy atom. The van der Waals surface area contributed by atoms with E-state index in [4.69, 9.17) is 0 Å². The molecular formula is C17H26N6OS. The zero-order valence-electron chi connectivity index (χ0n) is 15.1. The van der Waals surface area contributed by atoms with Gasteiger partial charge in [0.2, 0.25) is 0 Å². The summed E-state index contributed by atoms with van der Waals surface area (Å²) in [6, 6.07) is 0. The molecule has 1 atom stereocenters. The number of nitrogens with one attached hydrogen (secondary N) is 2. The van der Waals surface area contributed by atoms with Crippen LogP contribution in [-0.2, 0) is 13.1 Å². The van der Waals surface area contributed by atoms with E-state index in [0.29, 0.717) is 24.1 Å². The van der Waals surface area contributed by atoms with Crippen molar-refractivity contribution in [3.8, 4) is 0 Å². The predicted octanol–water partition coefficient (Wildman–Crippen LogP) is 2.10. The monoisotopic (exact) mass is 362 g/mol. The highest BCUT2D eigenvalue weighted by Crippen LogP contribution is 2.24. The molecule has 2 aromatic rings. The molecule has 0 aromatic carbocycles. The molecule has 0 spiro atoms. The summed E-state index contributed by atoms with van der Waals surface area (Å²) in [6.45, 7) is 9.62. The maximum atomic E-state index is 12.3. The number of carbonyl (C=O) groups excluding carboxylic acids is 1. The Hall–Kier alpha value is -1.80. The summed E-state index contributed by atoms with van der Waals surface area (Å²) in [5, 5.41) is 15.5. The number of rotatable bonds is 6. The van der Waals surface area contributed by atoms with Crippen LogP contribution in [0.2, 0.25) is 0 Å². The number of aryl methyl sites for hydroxylation is 1. The van der Waals surface area contributed by atoms with E-state index < -0.39 is 0 Å². The lowest BCUT2D eigenvalue weighted by Crippen LogP contribution is -2.32. The minimum absolute atomic E-state index is 0.188. The van der Waals surface area contributed by atoms with E-state index in [9.17, 15) is 4.79 Å². The van der Waals surface area contributed by atoms with Crippen LogP contribution in [0.1, 0.15) is 58.7 Å². The molecule has 1 aliphatic rings. The Labute approximate surface area is 152 Å². The summed E-state index contributed by atoms with van der Waals surface area (Å²) in [5.41, 5.74) is 1.36. The van der Waals surface area contributed by atoms with Crippen molar-refractivity contribution in [3.63, 3.8) is 0 Å². The van der Waals surface area contributed by atoms with E-state index >= 15 is 0 Å². The van der Waals surface area contributed by atoms with Gasteiger partial charge in [0.1, 0.15) is 0 Å². The van der Waals surface area contributed by atoms with E-state index in [1.165, 1.54) is 12.8 Å². The SMILES string of the molecule is Cc1nc(C(C)C)sc1CNC(=O)c1cn(CC2CCCNC2)nn1. The van der Waals surface area contributed by atoms with Gasteiger partial charge in [0.15, 0.2) is 5.69 Å². The summed E-state index contributed by atoms with van der Waals surface area (Å²) in [7, 11) is 0. The van der Waals surface area contributed by atoms with Crippen molar-refractivity contribution in [2.24, 2.45) is 5.92 Å². The predicted molar refractivity (Wildman–Crippen MR) is 97.7 cm³/mol. The second-order valence-corrected chi connectivity index (χ2v) is 8.05. The molecule has 0 saturated carbocycles. The van der Waals surface area contributed by atoms with Gasteiger partial charge in [-0.15, -0.1) is 16.4 Å². The van der Waals surface area contributed by atoms with Gasteiger partial charge in [-0.25, -0.2) is 4.98 Å². The fourth-order valence-corrected chi connectivity index (χ4v) is 3.96. The Morgan fingerprint density at radius 2 is 2.36 bits per heavy atom. The summed E-state index contributed by atoms with van der Waals surface area (Å²) in [4.78, 5) is 18.0. The normalized spacial score (nSPS) is 17.8. The van der Waals surface area contributed by atoms with Crippen molar-refractivity contribution in [2.45, 2.75) is 52.6 Å². The topological polar surface area (TPSA) is 84.7 Å². The lowest BCUT2D eigenvalue weighted by Gasteiger charge is -2.22. The van der Waals surface area contributed by atoms with Crippen LogP contribution in [0, 0.1) is 12.8 Å². The molecule has 136 valence electrons.